The van der Waals surface area contributed by atoms with Crippen molar-refractivity contribution in [3.8, 4) is 0 Å². The number of carboxylic acid groups (broad SMARTS) is 3. The number of hydrogen-bond acceptors (Lipinski definition) is 5. The van der Waals surface area contributed by atoms with Crippen LogP contribution in [0.25, 0.3) is 0 Å². The van der Waals surface area contributed by atoms with Gasteiger partial charge in [0, 0.05) is 5.57 Å². The highest BCUT2D eigenvalue weighted by Crippen LogP contribution is 2.22. The summed E-state index contributed by atoms with van der Waals surface area (Å²) < 4.78 is 5.41. The van der Waals surface area contributed by atoms with Crippen LogP contribution in [0.5, 0.6) is 0 Å². The lowest BCUT2D eigenvalue weighted by atomic mass is 9.93. The van der Waals surface area contributed by atoms with Crippen LogP contribution >= 0.6 is 0 Å². The molecule has 1 unspecified atom stereocenters. The Morgan fingerprint density at radius 3 is 2.10 bits per heavy atom. The van der Waals surface area contributed by atoms with E-state index < -0.39 is 35.0 Å². The monoisotopic (exact) mass is 406 g/mol. The summed E-state index contributed by atoms with van der Waals surface area (Å²) >= 11 is 0. The van der Waals surface area contributed by atoms with Gasteiger partial charge in [0.1, 0.15) is 6.10 Å². The van der Waals surface area contributed by atoms with Gasteiger partial charge < -0.3 is 20.1 Å². The van der Waals surface area contributed by atoms with Gasteiger partial charge in [-0.05, 0) is 50.3 Å². The van der Waals surface area contributed by atoms with E-state index in [-0.39, 0.29) is 29.2 Å². The zero-order chi connectivity index (χ0) is 22.1. The minimum absolute atomic E-state index is 0.121. The van der Waals surface area contributed by atoms with E-state index in [1.165, 1.54) is 6.07 Å². The minimum Gasteiger partial charge on any atom is -0.478 e. The Morgan fingerprint density at radius 1 is 1.00 bits per heavy atom. The fraction of sp³-hybridized carbons (Fsp3) is 0.429. The lowest BCUT2D eigenvalue weighted by Crippen LogP contribution is -2.19. The molecule has 3 N–H and O–H groups in total. The number of carbonyl (C=O) groups is 4. The summed E-state index contributed by atoms with van der Waals surface area (Å²) in [6.45, 7) is 7.10. The zero-order valence-electron chi connectivity index (χ0n) is 16.6. The SMILES string of the molecule is C=C(C)C(=O)OC(CCCC)CCCc1cc(C(=O)O)cc(C(=O)O)c1C(=O)O. The number of unbranched alkanes of at least 4 members (excludes halogenated alkanes) is 1. The van der Waals surface area contributed by atoms with E-state index in [2.05, 4.69) is 6.58 Å². The summed E-state index contributed by atoms with van der Waals surface area (Å²) in [5.74, 6) is -4.80. The fourth-order valence-corrected chi connectivity index (χ4v) is 2.91. The highest BCUT2D eigenvalue weighted by molar-refractivity contribution is 6.05. The molecule has 0 saturated heterocycles. The Morgan fingerprint density at radius 2 is 1.62 bits per heavy atom. The van der Waals surface area contributed by atoms with Crippen LogP contribution < -0.4 is 0 Å². The standard InChI is InChI=1S/C21H26O8/c1-4-5-8-15(29-21(28)12(2)3)9-6-7-13-10-14(18(22)23)11-16(19(24)25)17(13)20(26)27/h10-11,15H,2,4-9H2,1,3H3,(H,22,23)(H,24,25)(H,26,27). The molecule has 158 valence electrons. The maximum absolute atomic E-state index is 11.8. The van der Waals surface area contributed by atoms with Crippen molar-refractivity contribution in [2.45, 2.75) is 58.5 Å². The van der Waals surface area contributed by atoms with Crippen molar-refractivity contribution in [3.63, 3.8) is 0 Å². The van der Waals surface area contributed by atoms with E-state index in [4.69, 9.17) is 4.74 Å². The average Bonchev–Trinajstić information content (AvgIpc) is 2.64. The summed E-state index contributed by atoms with van der Waals surface area (Å²) in [6, 6.07) is 2.02. The van der Waals surface area contributed by atoms with Crippen LogP contribution in [0, 0.1) is 0 Å². The van der Waals surface area contributed by atoms with Gasteiger partial charge in [-0.2, -0.15) is 0 Å². The molecule has 0 fully saturated rings. The van der Waals surface area contributed by atoms with Gasteiger partial charge in [0.2, 0.25) is 0 Å². The smallest absolute Gasteiger partial charge is 0.336 e. The van der Waals surface area contributed by atoms with Gasteiger partial charge in [-0.25, -0.2) is 19.2 Å². The fourth-order valence-electron chi connectivity index (χ4n) is 2.91. The van der Waals surface area contributed by atoms with E-state index in [0.29, 0.717) is 19.3 Å². The molecule has 8 heteroatoms. The molecule has 29 heavy (non-hydrogen) atoms. The molecule has 8 nitrogen and oxygen atoms in total. The molecule has 0 aromatic heterocycles. The normalized spacial score (nSPS) is 11.5. The lowest BCUT2D eigenvalue weighted by Gasteiger charge is -2.18. The van der Waals surface area contributed by atoms with Gasteiger partial charge in [-0.3, -0.25) is 0 Å². The second-order valence-electron chi connectivity index (χ2n) is 6.82. The number of benzene rings is 1. The van der Waals surface area contributed by atoms with E-state index in [0.717, 1.165) is 18.9 Å². The number of esters is 1. The van der Waals surface area contributed by atoms with Crippen molar-refractivity contribution >= 4 is 23.9 Å². The molecule has 0 aliphatic carbocycles. The number of rotatable bonds is 12. The van der Waals surface area contributed by atoms with E-state index in [9.17, 15) is 34.5 Å². The molecule has 1 atom stereocenters. The molecular weight excluding hydrogens is 380 g/mol. The van der Waals surface area contributed by atoms with Crippen LogP contribution in [0.2, 0.25) is 0 Å². The molecule has 0 aliphatic rings. The highest BCUT2D eigenvalue weighted by Gasteiger charge is 2.23. The van der Waals surface area contributed by atoms with Gasteiger partial charge >= 0.3 is 23.9 Å². The van der Waals surface area contributed by atoms with Crippen molar-refractivity contribution in [2.75, 3.05) is 0 Å². The second kappa shape index (κ2) is 11.0. The zero-order valence-corrected chi connectivity index (χ0v) is 16.6. The molecule has 1 rings (SSSR count). The van der Waals surface area contributed by atoms with Crippen molar-refractivity contribution < 1.29 is 39.2 Å². The number of aryl methyl sites for hydroxylation is 1. The van der Waals surface area contributed by atoms with Crippen molar-refractivity contribution in [1.29, 1.82) is 0 Å². The molecular formula is C21H26O8. The third kappa shape index (κ3) is 7.06. The number of ether oxygens (including phenoxy) is 1. The average molecular weight is 406 g/mol. The van der Waals surface area contributed by atoms with E-state index in [1.807, 2.05) is 6.92 Å². The highest BCUT2D eigenvalue weighted by atomic mass is 16.5. The molecule has 0 spiro atoms. The van der Waals surface area contributed by atoms with Crippen molar-refractivity contribution in [2.24, 2.45) is 0 Å². The molecule has 0 saturated carbocycles. The Labute approximate surface area is 168 Å². The first-order valence-electron chi connectivity index (χ1n) is 9.31. The third-order valence-electron chi connectivity index (χ3n) is 4.39. The van der Waals surface area contributed by atoms with Gasteiger partial charge in [0.15, 0.2) is 0 Å². The summed E-state index contributed by atoms with van der Waals surface area (Å²) in [4.78, 5) is 46.1. The first kappa shape index (κ1) is 23.9. The third-order valence-corrected chi connectivity index (χ3v) is 4.39. The van der Waals surface area contributed by atoms with Crippen LogP contribution in [0.1, 0.15) is 82.6 Å². The van der Waals surface area contributed by atoms with Gasteiger partial charge in [0.25, 0.3) is 0 Å². The van der Waals surface area contributed by atoms with E-state index in [1.54, 1.807) is 6.92 Å². The lowest BCUT2D eigenvalue weighted by molar-refractivity contribution is -0.145. The van der Waals surface area contributed by atoms with Crippen LogP contribution in [0.4, 0.5) is 0 Å². The molecule has 0 radical (unpaired) electrons. The molecule has 1 aromatic rings. The number of carboxylic acids is 3. The van der Waals surface area contributed by atoms with Gasteiger partial charge in [-0.1, -0.05) is 26.3 Å². The summed E-state index contributed by atoms with van der Waals surface area (Å²) in [5.41, 5.74) is -0.885. The van der Waals surface area contributed by atoms with Crippen LogP contribution in [0.15, 0.2) is 24.3 Å². The molecule has 1 aromatic carbocycles. The predicted molar refractivity (Wildman–Crippen MR) is 104 cm³/mol. The maximum Gasteiger partial charge on any atom is 0.336 e. The molecule has 0 heterocycles. The largest absolute Gasteiger partial charge is 0.478 e. The Bertz CT molecular complexity index is 809. The van der Waals surface area contributed by atoms with Crippen LogP contribution in [-0.2, 0) is 16.0 Å². The first-order valence-corrected chi connectivity index (χ1v) is 9.31. The molecule has 0 bridgehead atoms. The predicted octanol–water partition coefficient (Wildman–Crippen LogP) is 3.78. The Kier molecular flexibility index (Phi) is 9.05. The van der Waals surface area contributed by atoms with Gasteiger partial charge in [0.05, 0.1) is 16.7 Å². The molecule has 0 aliphatic heterocycles. The van der Waals surface area contributed by atoms with Crippen molar-refractivity contribution in [3.05, 3.63) is 46.5 Å². The quantitative estimate of drug-likeness (QED) is 0.352. The minimum atomic E-state index is -1.51. The first-order chi connectivity index (χ1) is 13.6. The van der Waals surface area contributed by atoms with Crippen LogP contribution in [0.3, 0.4) is 0 Å². The second-order valence-corrected chi connectivity index (χ2v) is 6.82. The topological polar surface area (TPSA) is 138 Å². The summed E-state index contributed by atoms with van der Waals surface area (Å²) in [7, 11) is 0. The molecule has 0 amide bonds. The van der Waals surface area contributed by atoms with Crippen LogP contribution in [-0.4, -0.2) is 45.3 Å². The number of aromatic carboxylic acids is 3. The van der Waals surface area contributed by atoms with Gasteiger partial charge in [-0.15, -0.1) is 0 Å². The van der Waals surface area contributed by atoms with E-state index >= 15 is 0 Å². The number of carbonyl (C=O) groups excluding carboxylic acids is 1. The summed E-state index contributed by atoms with van der Waals surface area (Å²) in [6.07, 6.45) is 2.96. The number of hydrogen-bond donors (Lipinski definition) is 3. The summed E-state index contributed by atoms with van der Waals surface area (Å²) in [5, 5.41) is 27.9. The maximum atomic E-state index is 11.8. The Balaban J connectivity index is 3.06. The Hall–Kier alpha value is -3.16. The van der Waals surface area contributed by atoms with Crippen molar-refractivity contribution in [1.82, 2.24) is 0 Å².